The highest BCUT2D eigenvalue weighted by molar-refractivity contribution is 7.94. The van der Waals surface area contributed by atoms with Gasteiger partial charge in [-0.1, -0.05) is 12.1 Å². The lowest BCUT2D eigenvalue weighted by atomic mass is 10.0. The maximum Gasteiger partial charge on any atom is 0.272 e. The number of carbonyl (C=O) groups is 1. The Morgan fingerprint density at radius 3 is 2.50 bits per heavy atom. The normalized spacial score (nSPS) is 21.9. The van der Waals surface area contributed by atoms with Crippen LogP contribution < -0.4 is 5.32 Å². The van der Waals surface area contributed by atoms with Crippen LogP contribution in [0, 0.1) is 11.3 Å². The van der Waals surface area contributed by atoms with E-state index in [4.69, 9.17) is 5.26 Å². The van der Waals surface area contributed by atoms with Crippen LogP contribution in [0.1, 0.15) is 71.4 Å². The Hall–Kier alpha value is -2.74. The monoisotopic (exact) mass is 509 g/mol. The first-order valence-electron chi connectivity index (χ1n) is 12.8. The quantitative estimate of drug-likeness (QED) is 0.526. The fraction of sp³-hybridized carbons (Fsp3) is 0.577. The van der Waals surface area contributed by atoms with Gasteiger partial charge in [-0.05, 0) is 62.6 Å². The molecule has 0 saturated heterocycles. The van der Waals surface area contributed by atoms with Gasteiger partial charge in [0.05, 0.1) is 39.5 Å². The molecule has 1 amide bonds. The molecule has 3 aliphatic carbocycles. The number of sulfone groups is 1. The molecule has 1 aromatic carbocycles. The molecule has 0 atom stereocenters. The molecule has 1 aliphatic heterocycles. The summed E-state index contributed by atoms with van der Waals surface area (Å²) in [6, 6.07) is 9.16. The second kappa shape index (κ2) is 8.40. The molecular formula is C26H31N5O4S. The molecule has 0 radical (unpaired) electrons. The van der Waals surface area contributed by atoms with Crippen LogP contribution >= 0.6 is 0 Å². The van der Waals surface area contributed by atoms with Crippen LogP contribution in [0.3, 0.4) is 0 Å². The molecule has 0 bridgehead atoms. The summed E-state index contributed by atoms with van der Waals surface area (Å²) in [4.78, 5) is 15.3. The number of benzene rings is 1. The molecule has 190 valence electrons. The Labute approximate surface area is 211 Å². The third kappa shape index (κ3) is 4.33. The van der Waals surface area contributed by atoms with Gasteiger partial charge in [0.15, 0.2) is 15.5 Å². The molecule has 2 aromatic rings. The van der Waals surface area contributed by atoms with Crippen LogP contribution in [0.4, 0.5) is 0 Å². The molecule has 3 fully saturated rings. The maximum atomic E-state index is 13.1. The molecule has 10 heteroatoms. The first kappa shape index (κ1) is 23.6. The molecule has 3 saturated carbocycles. The third-order valence-corrected chi connectivity index (χ3v) is 11.2. The highest BCUT2D eigenvalue weighted by atomic mass is 32.2. The highest BCUT2D eigenvalue weighted by Crippen LogP contribution is 2.51. The van der Waals surface area contributed by atoms with Crippen molar-refractivity contribution in [2.24, 2.45) is 0 Å². The van der Waals surface area contributed by atoms with E-state index in [1.165, 1.54) is 0 Å². The summed E-state index contributed by atoms with van der Waals surface area (Å²) in [6.07, 6.45) is 5.10. The summed E-state index contributed by atoms with van der Waals surface area (Å²) < 4.78 is 27.2. The Kier molecular flexibility index (Phi) is 5.52. The first-order valence-corrected chi connectivity index (χ1v) is 14.3. The minimum Gasteiger partial charge on any atom is -0.388 e. The number of aliphatic hydroxyl groups is 1. The lowest BCUT2D eigenvalue weighted by Crippen LogP contribution is -2.43. The fourth-order valence-electron chi connectivity index (χ4n) is 5.34. The number of aromatic nitrogens is 2. The van der Waals surface area contributed by atoms with E-state index in [1.807, 2.05) is 12.1 Å². The van der Waals surface area contributed by atoms with E-state index in [2.05, 4.69) is 21.4 Å². The minimum atomic E-state index is -3.09. The zero-order valence-corrected chi connectivity index (χ0v) is 21.1. The smallest absolute Gasteiger partial charge is 0.272 e. The number of hydrogen-bond donors (Lipinski definition) is 2. The standard InChI is InChI=1S/C26H31N5O4S/c27-13-18-1-3-19(4-2-18)14-28-24(32)23-21-7-12-30(15-22(21)31(29-23)16-25(33)8-9-25)17-26(10-11-26)36(34,35)20-5-6-20/h1-4,20,33H,5-12,14-17H2,(H,28,32). The van der Waals surface area contributed by atoms with Gasteiger partial charge in [0.1, 0.15) is 0 Å². The zero-order chi connectivity index (χ0) is 25.1. The van der Waals surface area contributed by atoms with Gasteiger partial charge in [-0.3, -0.25) is 14.4 Å². The van der Waals surface area contributed by atoms with E-state index >= 15 is 0 Å². The molecule has 0 unspecified atom stereocenters. The van der Waals surface area contributed by atoms with E-state index in [9.17, 15) is 18.3 Å². The fourth-order valence-corrected chi connectivity index (χ4v) is 7.84. The lowest BCUT2D eigenvalue weighted by Gasteiger charge is -2.31. The number of rotatable bonds is 9. The topological polar surface area (TPSA) is 128 Å². The van der Waals surface area contributed by atoms with Crippen molar-refractivity contribution >= 4 is 15.7 Å². The SMILES string of the molecule is N#Cc1ccc(CNC(=O)c2nn(CC3(O)CC3)c3c2CCN(CC2(S(=O)(=O)C4CC4)CC2)C3)cc1. The molecule has 2 heterocycles. The van der Waals surface area contributed by atoms with Crippen molar-refractivity contribution in [3.05, 3.63) is 52.3 Å². The molecule has 9 nitrogen and oxygen atoms in total. The van der Waals surface area contributed by atoms with Gasteiger partial charge in [0.25, 0.3) is 5.91 Å². The van der Waals surface area contributed by atoms with Crippen molar-refractivity contribution < 1.29 is 18.3 Å². The van der Waals surface area contributed by atoms with Gasteiger partial charge in [-0.15, -0.1) is 0 Å². The summed E-state index contributed by atoms with van der Waals surface area (Å²) in [7, 11) is -3.09. The van der Waals surface area contributed by atoms with Crippen LogP contribution in [-0.2, 0) is 35.9 Å². The Bertz CT molecular complexity index is 1350. The van der Waals surface area contributed by atoms with Gasteiger partial charge in [-0.2, -0.15) is 10.4 Å². The maximum absolute atomic E-state index is 13.1. The summed E-state index contributed by atoms with van der Waals surface area (Å²) in [5.74, 6) is -0.263. The van der Waals surface area contributed by atoms with Crippen LogP contribution in [0.2, 0.25) is 0 Å². The van der Waals surface area contributed by atoms with Gasteiger partial charge in [0, 0.05) is 31.7 Å². The zero-order valence-electron chi connectivity index (χ0n) is 20.2. The van der Waals surface area contributed by atoms with Crippen LogP contribution in [-0.4, -0.2) is 62.8 Å². The molecule has 1 aromatic heterocycles. The third-order valence-electron chi connectivity index (χ3n) is 8.13. The van der Waals surface area contributed by atoms with Crippen molar-refractivity contribution in [1.29, 1.82) is 5.26 Å². The van der Waals surface area contributed by atoms with Crippen molar-refractivity contribution in [3.8, 4) is 6.07 Å². The molecular weight excluding hydrogens is 478 g/mol. The van der Waals surface area contributed by atoms with Gasteiger partial charge < -0.3 is 10.4 Å². The summed E-state index contributed by atoms with van der Waals surface area (Å²) in [6.45, 7) is 2.41. The number of nitriles is 1. The van der Waals surface area contributed by atoms with E-state index < -0.39 is 20.2 Å². The minimum absolute atomic E-state index is 0.151. The predicted molar refractivity (Wildman–Crippen MR) is 132 cm³/mol. The number of amides is 1. The molecule has 4 aliphatic rings. The second-order valence-corrected chi connectivity index (χ2v) is 13.7. The highest BCUT2D eigenvalue weighted by Gasteiger charge is 2.60. The van der Waals surface area contributed by atoms with Crippen LogP contribution in [0.25, 0.3) is 0 Å². The molecule has 2 N–H and O–H groups in total. The van der Waals surface area contributed by atoms with Crippen molar-refractivity contribution in [3.63, 3.8) is 0 Å². The van der Waals surface area contributed by atoms with E-state index in [1.54, 1.807) is 16.8 Å². The Morgan fingerprint density at radius 2 is 1.89 bits per heavy atom. The summed E-state index contributed by atoms with van der Waals surface area (Å²) >= 11 is 0. The van der Waals surface area contributed by atoms with E-state index in [0.717, 1.165) is 42.5 Å². The van der Waals surface area contributed by atoms with Gasteiger partial charge in [0.2, 0.25) is 0 Å². The molecule has 6 rings (SSSR count). The lowest BCUT2D eigenvalue weighted by molar-refractivity contribution is 0.0940. The number of nitrogens with zero attached hydrogens (tertiary/aromatic N) is 4. The van der Waals surface area contributed by atoms with Crippen LogP contribution in [0.5, 0.6) is 0 Å². The number of hydrogen-bond acceptors (Lipinski definition) is 7. The number of nitrogens with one attached hydrogen (secondary N) is 1. The Balaban J connectivity index is 1.20. The van der Waals surface area contributed by atoms with E-state index in [-0.39, 0.29) is 11.2 Å². The van der Waals surface area contributed by atoms with Crippen LogP contribution in [0.15, 0.2) is 24.3 Å². The summed E-state index contributed by atoms with van der Waals surface area (Å²) in [5.41, 5.74) is 2.87. The first-order chi connectivity index (χ1) is 17.2. The van der Waals surface area contributed by atoms with Gasteiger partial charge in [-0.25, -0.2) is 8.42 Å². The average Bonchev–Trinajstić information content (AvgIpc) is 3.75. The predicted octanol–water partition coefficient (Wildman–Crippen LogP) is 1.68. The Morgan fingerprint density at radius 1 is 1.17 bits per heavy atom. The second-order valence-electron chi connectivity index (χ2n) is 11.0. The van der Waals surface area contributed by atoms with Crippen molar-refractivity contribution in [2.75, 3.05) is 13.1 Å². The molecule has 0 spiro atoms. The number of fused-ring (bicyclic) bond motifs is 1. The summed E-state index contributed by atoms with van der Waals surface area (Å²) in [5, 5.41) is 27.0. The largest absolute Gasteiger partial charge is 0.388 e. The van der Waals surface area contributed by atoms with Gasteiger partial charge >= 0.3 is 0 Å². The van der Waals surface area contributed by atoms with Crippen molar-refractivity contribution in [2.45, 2.75) is 80.2 Å². The molecule has 36 heavy (non-hydrogen) atoms. The van der Waals surface area contributed by atoms with E-state index in [0.29, 0.717) is 63.2 Å². The number of carbonyl (C=O) groups excluding carboxylic acids is 1. The average molecular weight is 510 g/mol. The van der Waals surface area contributed by atoms with Crippen molar-refractivity contribution in [1.82, 2.24) is 20.0 Å².